The Hall–Kier alpha value is -0.260. The van der Waals surface area contributed by atoms with Gasteiger partial charge in [0.15, 0.2) is 0 Å². The Morgan fingerprint density at radius 1 is 1.12 bits per heavy atom. The summed E-state index contributed by atoms with van der Waals surface area (Å²) in [5, 5.41) is 4.18. The van der Waals surface area contributed by atoms with Crippen LogP contribution in [0.15, 0.2) is 0 Å². The van der Waals surface area contributed by atoms with Gasteiger partial charge < -0.3 is 9.64 Å². The molecule has 2 aliphatic heterocycles. The molecule has 2 heterocycles. The van der Waals surface area contributed by atoms with Crippen LogP contribution in [-0.4, -0.2) is 53.8 Å². The molecule has 3 rings (SSSR count). The minimum atomic E-state index is 0.195. The van der Waals surface area contributed by atoms with Crippen molar-refractivity contribution in [2.45, 2.75) is 82.2 Å². The molecule has 1 saturated carbocycles. The third kappa shape index (κ3) is 5.37. The molecule has 5 heteroatoms. The maximum atomic E-state index is 12.9. The highest BCUT2D eigenvalue weighted by molar-refractivity contribution is 8.00. The molecular formula is C19H34N2O2S. The maximum Gasteiger partial charge on any atom is 0.249 e. The number of piperidine rings is 1. The lowest BCUT2D eigenvalue weighted by Gasteiger charge is -2.37. The van der Waals surface area contributed by atoms with E-state index in [1.165, 1.54) is 44.3 Å². The molecule has 0 radical (unpaired) electrons. The fourth-order valence-electron chi connectivity index (χ4n) is 4.18. The van der Waals surface area contributed by atoms with Gasteiger partial charge in [-0.1, -0.05) is 6.92 Å². The zero-order valence-electron chi connectivity index (χ0n) is 15.2. The van der Waals surface area contributed by atoms with Crippen molar-refractivity contribution in [1.82, 2.24) is 10.2 Å². The normalized spacial score (nSPS) is 34.2. The second kappa shape index (κ2) is 9.44. The quantitative estimate of drug-likeness (QED) is 0.794. The summed E-state index contributed by atoms with van der Waals surface area (Å²) in [6.45, 7) is 4.52. The van der Waals surface area contributed by atoms with Gasteiger partial charge in [-0.05, 0) is 76.0 Å². The predicted molar refractivity (Wildman–Crippen MR) is 100 cm³/mol. The molecule has 3 aliphatic rings. The molecule has 0 aromatic rings. The zero-order valence-corrected chi connectivity index (χ0v) is 16.0. The standard InChI is InChI=1S/C19H34N2O2S/c1-15-7-9-16(10-8-15)23-14-19(22)21(13-17-5-4-12-24-17)18-6-2-3-11-20-18/h15-18,20H,2-14H2,1H3. The summed E-state index contributed by atoms with van der Waals surface area (Å²) < 4.78 is 6.00. The van der Waals surface area contributed by atoms with Crippen LogP contribution in [0, 0.1) is 5.92 Å². The number of hydrogen-bond acceptors (Lipinski definition) is 4. The van der Waals surface area contributed by atoms with Crippen molar-refractivity contribution in [2.75, 3.05) is 25.4 Å². The van der Waals surface area contributed by atoms with Crippen molar-refractivity contribution >= 4 is 17.7 Å². The fraction of sp³-hybridized carbons (Fsp3) is 0.947. The van der Waals surface area contributed by atoms with Gasteiger partial charge in [0.2, 0.25) is 5.91 Å². The molecule has 1 N–H and O–H groups in total. The molecule has 4 nitrogen and oxygen atoms in total. The van der Waals surface area contributed by atoms with E-state index in [1.54, 1.807) is 0 Å². The molecule has 24 heavy (non-hydrogen) atoms. The molecular weight excluding hydrogens is 320 g/mol. The van der Waals surface area contributed by atoms with Crippen LogP contribution in [0.2, 0.25) is 0 Å². The SMILES string of the molecule is CC1CCC(OCC(=O)N(CC2CCCS2)C2CCCCN2)CC1. The van der Waals surface area contributed by atoms with Crippen LogP contribution in [0.5, 0.6) is 0 Å². The molecule has 0 aromatic carbocycles. The van der Waals surface area contributed by atoms with E-state index < -0.39 is 0 Å². The number of hydrogen-bond donors (Lipinski definition) is 1. The highest BCUT2D eigenvalue weighted by Crippen LogP contribution is 2.28. The van der Waals surface area contributed by atoms with Gasteiger partial charge in [-0.25, -0.2) is 0 Å². The van der Waals surface area contributed by atoms with Gasteiger partial charge in [-0.15, -0.1) is 0 Å². The monoisotopic (exact) mass is 354 g/mol. The molecule has 1 amide bonds. The summed E-state index contributed by atoms with van der Waals surface area (Å²) in [7, 11) is 0. The van der Waals surface area contributed by atoms with Crippen molar-refractivity contribution in [3.8, 4) is 0 Å². The van der Waals surface area contributed by atoms with Crippen LogP contribution in [0.25, 0.3) is 0 Å². The highest BCUT2D eigenvalue weighted by Gasteiger charge is 2.30. The third-order valence-corrected chi connectivity index (χ3v) is 7.19. The van der Waals surface area contributed by atoms with Crippen molar-refractivity contribution < 1.29 is 9.53 Å². The minimum absolute atomic E-state index is 0.195. The van der Waals surface area contributed by atoms with E-state index >= 15 is 0 Å². The lowest BCUT2D eigenvalue weighted by Crippen LogP contribution is -2.53. The third-order valence-electron chi connectivity index (χ3n) is 5.81. The number of ether oxygens (including phenoxy) is 1. The number of nitrogens with one attached hydrogen (secondary N) is 1. The van der Waals surface area contributed by atoms with Crippen molar-refractivity contribution in [3.05, 3.63) is 0 Å². The number of rotatable bonds is 6. The molecule has 0 aromatic heterocycles. The fourth-order valence-corrected chi connectivity index (χ4v) is 5.44. The number of amides is 1. The Morgan fingerprint density at radius 3 is 2.62 bits per heavy atom. The second-order valence-electron chi connectivity index (χ2n) is 7.84. The summed E-state index contributed by atoms with van der Waals surface area (Å²) in [4.78, 5) is 15.0. The van der Waals surface area contributed by atoms with E-state index in [4.69, 9.17) is 4.74 Å². The smallest absolute Gasteiger partial charge is 0.249 e. The first kappa shape index (κ1) is 18.5. The van der Waals surface area contributed by atoms with Gasteiger partial charge in [0.25, 0.3) is 0 Å². The van der Waals surface area contributed by atoms with Crippen LogP contribution >= 0.6 is 11.8 Å². The van der Waals surface area contributed by atoms with Crippen molar-refractivity contribution in [1.29, 1.82) is 0 Å². The van der Waals surface area contributed by atoms with E-state index in [9.17, 15) is 4.79 Å². The van der Waals surface area contributed by atoms with E-state index in [0.29, 0.717) is 11.4 Å². The van der Waals surface area contributed by atoms with Gasteiger partial charge in [0.1, 0.15) is 6.61 Å². The Morgan fingerprint density at radius 2 is 1.96 bits per heavy atom. The molecule has 2 atom stereocenters. The lowest BCUT2D eigenvalue weighted by atomic mass is 9.89. The largest absolute Gasteiger partial charge is 0.368 e. The van der Waals surface area contributed by atoms with Crippen LogP contribution in [0.3, 0.4) is 0 Å². The average Bonchev–Trinajstić information content (AvgIpc) is 3.13. The molecule has 0 bridgehead atoms. The summed E-state index contributed by atoms with van der Waals surface area (Å²) in [6, 6.07) is 0. The van der Waals surface area contributed by atoms with Gasteiger partial charge in [0, 0.05) is 11.8 Å². The first-order valence-electron chi connectivity index (χ1n) is 9.98. The van der Waals surface area contributed by atoms with Crippen LogP contribution in [0.1, 0.15) is 64.7 Å². The second-order valence-corrected chi connectivity index (χ2v) is 9.25. The molecule has 2 saturated heterocycles. The van der Waals surface area contributed by atoms with Crippen molar-refractivity contribution in [3.63, 3.8) is 0 Å². The average molecular weight is 355 g/mol. The summed E-state index contributed by atoms with van der Waals surface area (Å²) in [5.41, 5.74) is 0. The van der Waals surface area contributed by atoms with Gasteiger partial charge in [0.05, 0.1) is 12.3 Å². The molecule has 1 aliphatic carbocycles. The highest BCUT2D eigenvalue weighted by atomic mass is 32.2. The lowest BCUT2D eigenvalue weighted by molar-refractivity contribution is -0.142. The number of nitrogens with zero attached hydrogens (tertiary/aromatic N) is 1. The predicted octanol–water partition coefficient (Wildman–Crippen LogP) is 3.41. The Labute approximate surface area is 151 Å². The van der Waals surface area contributed by atoms with Gasteiger partial charge >= 0.3 is 0 Å². The molecule has 0 spiro atoms. The Balaban J connectivity index is 1.51. The van der Waals surface area contributed by atoms with Crippen LogP contribution < -0.4 is 5.32 Å². The topological polar surface area (TPSA) is 41.6 Å². The van der Waals surface area contributed by atoms with Crippen molar-refractivity contribution in [2.24, 2.45) is 5.92 Å². The summed E-state index contributed by atoms with van der Waals surface area (Å²) in [5.74, 6) is 2.27. The van der Waals surface area contributed by atoms with Gasteiger partial charge in [-0.2, -0.15) is 11.8 Å². The Bertz CT molecular complexity index is 387. The molecule has 2 unspecified atom stereocenters. The number of carbonyl (C=O) groups is 1. The molecule has 138 valence electrons. The minimum Gasteiger partial charge on any atom is -0.368 e. The van der Waals surface area contributed by atoms with E-state index in [-0.39, 0.29) is 18.7 Å². The van der Waals surface area contributed by atoms with E-state index in [0.717, 1.165) is 38.3 Å². The number of thioether (sulfide) groups is 1. The first-order valence-corrected chi connectivity index (χ1v) is 11.0. The maximum absolute atomic E-state index is 12.9. The van der Waals surface area contributed by atoms with E-state index in [2.05, 4.69) is 17.1 Å². The zero-order chi connectivity index (χ0) is 16.8. The first-order chi connectivity index (χ1) is 11.7. The molecule has 3 fully saturated rings. The summed E-state index contributed by atoms with van der Waals surface area (Å²) >= 11 is 2.04. The van der Waals surface area contributed by atoms with E-state index in [1.807, 2.05) is 11.8 Å². The Kier molecular flexibility index (Phi) is 7.29. The summed E-state index contributed by atoms with van der Waals surface area (Å²) in [6.07, 6.45) is 11.3. The number of carbonyl (C=O) groups excluding carboxylic acids is 1. The van der Waals surface area contributed by atoms with Gasteiger partial charge in [-0.3, -0.25) is 10.1 Å². The van der Waals surface area contributed by atoms with Crippen LogP contribution in [0.4, 0.5) is 0 Å². The van der Waals surface area contributed by atoms with Crippen LogP contribution in [-0.2, 0) is 9.53 Å².